The molecule has 3 aromatic carbocycles. The van der Waals surface area contributed by atoms with E-state index in [1.807, 2.05) is 47.4 Å². The molecule has 238 valence electrons. The highest BCUT2D eigenvalue weighted by molar-refractivity contribution is 6.42. The zero-order valence-electron chi connectivity index (χ0n) is 24.4. The number of nitrogens with two attached hydrogens (primary N) is 1. The highest BCUT2D eigenvalue weighted by atomic mass is 35.5. The molecule has 2 saturated heterocycles. The molecule has 1 atom stereocenters. The maximum absolute atomic E-state index is 13.4. The van der Waals surface area contributed by atoms with Crippen molar-refractivity contribution in [3.63, 3.8) is 0 Å². The molecule has 0 aromatic heterocycles. The van der Waals surface area contributed by atoms with E-state index in [1.165, 1.54) is 11.1 Å². The molecule has 0 radical (unpaired) electrons. The Labute approximate surface area is 278 Å². The van der Waals surface area contributed by atoms with Gasteiger partial charge < -0.3 is 26.5 Å². The van der Waals surface area contributed by atoms with Crippen molar-refractivity contribution in [1.82, 2.24) is 9.80 Å². The summed E-state index contributed by atoms with van der Waals surface area (Å²) in [7, 11) is 0. The van der Waals surface area contributed by atoms with E-state index in [9.17, 15) is 4.79 Å². The van der Waals surface area contributed by atoms with Gasteiger partial charge >= 0.3 is 0 Å². The van der Waals surface area contributed by atoms with Crippen LogP contribution in [-0.4, -0.2) is 65.9 Å². The molecule has 1 unspecified atom stereocenters. The Hall–Kier alpha value is -1.87. The largest absolute Gasteiger partial charge is 0.412 e. The second-order valence-electron chi connectivity index (χ2n) is 11.4. The van der Waals surface area contributed by atoms with E-state index in [4.69, 9.17) is 28.9 Å². The normalized spacial score (nSPS) is 19.6. The minimum Gasteiger partial charge on any atom is -0.412 e. The summed E-state index contributed by atoms with van der Waals surface area (Å²) < 4.78 is 0. The summed E-state index contributed by atoms with van der Waals surface area (Å²) >= 11 is 12.8. The number of carbonyl (C=O) groups excluding carboxylic acids is 1. The van der Waals surface area contributed by atoms with E-state index in [0.717, 1.165) is 70.3 Å². The van der Waals surface area contributed by atoms with E-state index < -0.39 is 0 Å². The Morgan fingerprint density at radius 2 is 1.40 bits per heavy atom. The number of benzene rings is 3. The van der Waals surface area contributed by atoms with Crippen molar-refractivity contribution in [3.8, 4) is 0 Å². The van der Waals surface area contributed by atoms with E-state index in [0.29, 0.717) is 23.1 Å². The summed E-state index contributed by atoms with van der Waals surface area (Å²) in [5, 5.41) is 1.15. The fourth-order valence-corrected chi connectivity index (χ4v) is 7.02. The highest BCUT2D eigenvalue weighted by Crippen LogP contribution is 2.41. The van der Waals surface area contributed by atoms with Crippen molar-refractivity contribution >= 4 is 53.9 Å². The molecule has 43 heavy (non-hydrogen) atoms. The Morgan fingerprint density at radius 1 is 0.767 bits per heavy atom. The van der Waals surface area contributed by atoms with Crippen LogP contribution in [-0.2, 0) is 10.8 Å². The summed E-state index contributed by atoms with van der Waals surface area (Å²) in [6.45, 7) is 5.34. The van der Waals surface area contributed by atoms with Gasteiger partial charge in [-0.3, -0.25) is 4.79 Å². The van der Waals surface area contributed by atoms with Crippen LogP contribution in [0.2, 0.25) is 10.0 Å². The zero-order valence-corrected chi connectivity index (χ0v) is 27.6. The lowest BCUT2D eigenvalue weighted by atomic mass is 9.70. The molecule has 6 nitrogen and oxygen atoms in total. The second kappa shape index (κ2) is 17.6. The third kappa shape index (κ3) is 8.86. The number of piperidine rings is 2. The minimum absolute atomic E-state index is 0. The first-order chi connectivity index (χ1) is 18.9. The van der Waals surface area contributed by atoms with E-state index in [1.54, 1.807) is 0 Å². The number of halogens is 4. The molecule has 1 amide bonds. The van der Waals surface area contributed by atoms with Crippen LogP contribution < -0.4 is 5.73 Å². The van der Waals surface area contributed by atoms with Crippen LogP contribution in [0.5, 0.6) is 0 Å². The molecule has 10 heteroatoms. The van der Waals surface area contributed by atoms with E-state index >= 15 is 0 Å². The number of likely N-dealkylation sites (tertiary alicyclic amines) is 2. The van der Waals surface area contributed by atoms with Gasteiger partial charge in [-0.1, -0.05) is 77.8 Å². The number of amides is 1. The molecule has 6 N–H and O–H groups in total. The van der Waals surface area contributed by atoms with Crippen LogP contribution in [0, 0.1) is 0 Å². The van der Waals surface area contributed by atoms with Crippen molar-refractivity contribution in [1.29, 1.82) is 0 Å². The van der Waals surface area contributed by atoms with Gasteiger partial charge in [-0.2, -0.15) is 0 Å². The van der Waals surface area contributed by atoms with Gasteiger partial charge in [-0.15, -0.1) is 24.8 Å². The highest BCUT2D eigenvalue weighted by Gasteiger charge is 2.39. The predicted octanol–water partition coefficient (Wildman–Crippen LogP) is 6.13. The second-order valence-corrected chi connectivity index (χ2v) is 12.2. The molecule has 3 aromatic rings. The third-order valence-corrected chi connectivity index (χ3v) is 9.88. The van der Waals surface area contributed by atoms with Gasteiger partial charge in [0.1, 0.15) is 0 Å². The van der Waals surface area contributed by atoms with Crippen LogP contribution in [0.1, 0.15) is 60.0 Å². The SMILES string of the molecule is Cl.Cl.NCC1(c2ccccc2)CCN(CCCC2(c3ccc(Cl)c(Cl)c3)CCCN(C(=O)c3ccccc3)C2)CC1.O.O. The number of carbonyl (C=O) groups is 1. The molecule has 2 fully saturated rings. The van der Waals surface area contributed by atoms with Crippen molar-refractivity contribution in [2.24, 2.45) is 5.73 Å². The van der Waals surface area contributed by atoms with Crippen molar-refractivity contribution in [2.75, 3.05) is 39.3 Å². The van der Waals surface area contributed by atoms with Crippen LogP contribution >= 0.6 is 48.0 Å². The smallest absolute Gasteiger partial charge is 0.253 e. The molecular weight excluding hydrogens is 628 g/mol. The summed E-state index contributed by atoms with van der Waals surface area (Å²) in [6.07, 6.45) is 6.25. The fraction of sp³-hybridized carbons (Fsp3) is 0.424. The van der Waals surface area contributed by atoms with Crippen LogP contribution in [0.3, 0.4) is 0 Å². The van der Waals surface area contributed by atoms with Crippen molar-refractivity contribution in [3.05, 3.63) is 106 Å². The van der Waals surface area contributed by atoms with Gasteiger partial charge in [0, 0.05) is 36.0 Å². The molecule has 2 aliphatic rings. The Morgan fingerprint density at radius 3 is 2.00 bits per heavy atom. The van der Waals surface area contributed by atoms with Crippen LogP contribution in [0.15, 0.2) is 78.9 Å². The van der Waals surface area contributed by atoms with E-state index in [-0.39, 0.29) is 52.5 Å². The number of rotatable bonds is 8. The summed E-state index contributed by atoms with van der Waals surface area (Å²) in [4.78, 5) is 18.1. The quantitative estimate of drug-likeness (QED) is 0.310. The average molecular weight is 674 g/mol. The monoisotopic (exact) mass is 671 g/mol. The van der Waals surface area contributed by atoms with Crippen molar-refractivity contribution < 1.29 is 15.7 Å². The molecule has 0 aliphatic carbocycles. The molecule has 0 saturated carbocycles. The first kappa shape index (κ1) is 39.2. The van der Waals surface area contributed by atoms with Gasteiger partial charge in [-0.25, -0.2) is 0 Å². The zero-order chi connectivity index (χ0) is 27.3. The molecule has 2 aliphatic heterocycles. The molecule has 0 bridgehead atoms. The van der Waals surface area contributed by atoms with Gasteiger partial charge in [-0.05, 0) is 93.6 Å². The average Bonchev–Trinajstić information content (AvgIpc) is 2.99. The minimum atomic E-state index is -0.141. The first-order valence-corrected chi connectivity index (χ1v) is 15.0. The lowest BCUT2D eigenvalue weighted by Crippen LogP contribution is -2.49. The van der Waals surface area contributed by atoms with Gasteiger partial charge in [0.25, 0.3) is 5.91 Å². The van der Waals surface area contributed by atoms with E-state index in [2.05, 4.69) is 41.3 Å². The van der Waals surface area contributed by atoms with Gasteiger partial charge in [0.2, 0.25) is 0 Å². The Kier molecular flexibility index (Phi) is 16.0. The lowest BCUT2D eigenvalue weighted by Gasteiger charge is -2.45. The standard InChI is InChI=1S/C33H39Cl2N3O.2ClH.2H2O/c34-29-14-13-28(23-30(29)35)33(16-8-20-38(25-33)31(39)26-9-3-1-4-10-26)15-7-19-37-21-17-32(24-36,18-22-37)27-11-5-2-6-12-27;;;;/h1-6,9-14,23H,7-8,15-22,24-25,36H2;2*1H;2*1H2. The maximum atomic E-state index is 13.4. The summed E-state index contributed by atoms with van der Waals surface area (Å²) in [6, 6.07) is 26.4. The van der Waals surface area contributed by atoms with Crippen molar-refractivity contribution in [2.45, 2.75) is 49.4 Å². The Bertz CT molecular complexity index is 1260. The number of nitrogens with zero attached hydrogens (tertiary/aromatic N) is 2. The number of hydrogen-bond acceptors (Lipinski definition) is 3. The van der Waals surface area contributed by atoms with Crippen LogP contribution in [0.25, 0.3) is 0 Å². The van der Waals surface area contributed by atoms with Gasteiger partial charge in [0.05, 0.1) is 10.0 Å². The third-order valence-electron chi connectivity index (χ3n) is 9.14. The van der Waals surface area contributed by atoms with Crippen LogP contribution in [0.4, 0.5) is 0 Å². The lowest BCUT2D eigenvalue weighted by molar-refractivity contribution is 0.0617. The molecule has 0 spiro atoms. The fourth-order valence-electron chi connectivity index (χ4n) is 6.73. The molecular formula is C33H45Cl4N3O3. The predicted molar refractivity (Wildman–Crippen MR) is 184 cm³/mol. The first-order valence-electron chi connectivity index (χ1n) is 14.2. The summed E-state index contributed by atoms with van der Waals surface area (Å²) in [5.41, 5.74) is 9.58. The molecule has 2 heterocycles. The Balaban J connectivity index is 0.00000231. The maximum Gasteiger partial charge on any atom is 0.253 e. The number of hydrogen-bond donors (Lipinski definition) is 1. The summed E-state index contributed by atoms with van der Waals surface area (Å²) in [5.74, 6) is 0.106. The topological polar surface area (TPSA) is 113 Å². The van der Waals surface area contributed by atoms with Gasteiger partial charge in [0.15, 0.2) is 0 Å². The molecule has 5 rings (SSSR count).